The summed E-state index contributed by atoms with van der Waals surface area (Å²) in [6.45, 7) is 5.53. The number of aliphatic hydroxyl groups is 1. The number of aromatic amines is 1. The van der Waals surface area contributed by atoms with Crippen LogP contribution in [0.15, 0.2) is 47.4 Å². The quantitative estimate of drug-likeness (QED) is 0.261. The molecule has 6 atom stereocenters. The maximum Gasteiger partial charge on any atom is 0.380 e. The van der Waals surface area contributed by atoms with Gasteiger partial charge < -0.3 is 19.1 Å². The van der Waals surface area contributed by atoms with E-state index in [1.54, 1.807) is 44.2 Å². The smallest absolute Gasteiger partial charge is 0.380 e. The summed E-state index contributed by atoms with van der Waals surface area (Å²) in [5.41, 5.74) is -2.80. The Hall–Kier alpha value is -2.37. The zero-order valence-corrected chi connectivity index (χ0v) is 22.0. The molecule has 1 saturated heterocycles. The molecule has 2 N–H and O–H groups in total. The second-order valence-corrected chi connectivity index (χ2v) is 11.4. The SMILES string of the molecule is CC(C)OC(=O)[C@H](C)CP(=O)(OC[C@H]1O[C@@H](n2ccc(=O)[nH]c2=S)C(C)(F)[C@H]1O)Oc1ccccc1. The van der Waals surface area contributed by atoms with Gasteiger partial charge >= 0.3 is 13.6 Å². The van der Waals surface area contributed by atoms with Crippen molar-refractivity contribution in [2.24, 2.45) is 5.92 Å². The van der Waals surface area contributed by atoms with Crippen LogP contribution in [0.4, 0.5) is 4.39 Å². The molecule has 0 bridgehead atoms. The number of aliphatic hydroxyl groups excluding tert-OH is 1. The van der Waals surface area contributed by atoms with Crippen molar-refractivity contribution < 1.29 is 37.4 Å². The van der Waals surface area contributed by atoms with Crippen molar-refractivity contribution in [3.63, 3.8) is 0 Å². The summed E-state index contributed by atoms with van der Waals surface area (Å²) >= 11 is 5.09. The zero-order valence-electron chi connectivity index (χ0n) is 20.3. The number of carbonyl (C=O) groups excluding carboxylic acids is 1. The van der Waals surface area contributed by atoms with Gasteiger partial charge in [-0.2, -0.15) is 0 Å². The molecule has 0 radical (unpaired) electrons. The van der Waals surface area contributed by atoms with Crippen LogP contribution in [0.1, 0.15) is 33.9 Å². The number of carbonyl (C=O) groups is 1. The minimum atomic E-state index is -4.01. The molecule has 0 amide bonds. The summed E-state index contributed by atoms with van der Waals surface area (Å²) in [6.07, 6.45) is -3.77. The van der Waals surface area contributed by atoms with Crippen LogP contribution in [0.2, 0.25) is 0 Å². The van der Waals surface area contributed by atoms with Crippen LogP contribution < -0.4 is 10.1 Å². The highest BCUT2D eigenvalue weighted by Crippen LogP contribution is 2.51. The van der Waals surface area contributed by atoms with Crippen molar-refractivity contribution in [3.8, 4) is 5.75 Å². The number of H-pyrrole nitrogens is 1. The number of ether oxygens (including phenoxy) is 2. The molecule has 2 heterocycles. The molecule has 0 saturated carbocycles. The molecule has 1 aliphatic heterocycles. The molecule has 36 heavy (non-hydrogen) atoms. The Morgan fingerprint density at radius 1 is 1.31 bits per heavy atom. The first kappa shape index (κ1) is 28.2. The van der Waals surface area contributed by atoms with Crippen molar-refractivity contribution in [1.82, 2.24) is 9.55 Å². The summed E-state index contributed by atoms with van der Waals surface area (Å²) in [5.74, 6) is -1.17. The van der Waals surface area contributed by atoms with Crippen molar-refractivity contribution in [2.45, 2.75) is 57.9 Å². The van der Waals surface area contributed by atoms with E-state index in [4.69, 9.17) is 30.7 Å². The number of para-hydroxylation sites is 1. The topological polar surface area (TPSA) is 129 Å². The van der Waals surface area contributed by atoms with Crippen molar-refractivity contribution in [3.05, 3.63) is 57.7 Å². The number of nitrogens with zero attached hydrogens (tertiary/aromatic N) is 1. The van der Waals surface area contributed by atoms with E-state index in [1.807, 2.05) is 0 Å². The first-order valence-electron chi connectivity index (χ1n) is 11.3. The Labute approximate surface area is 212 Å². The lowest BCUT2D eigenvalue weighted by Crippen LogP contribution is -2.41. The number of benzene rings is 1. The molecular weight excluding hydrogens is 514 g/mol. The zero-order chi connectivity index (χ0) is 26.7. The van der Waals surface area contributed by atoms with Gasteiger partial charge in [0.25, 0.3) is 5.56 Å². The fraction of sp³-hybridized carbons (Fsp3) is 0.522. The third-order valence-corrected chi connectivity index (χ3v) is 7.83. The lowest BCUT2D eigenvalue weighted by Gasteiger charge is -2.25. The van der Waals surface area contributed by atoms with Gasteiger partial charge in [-0.15, -0.1) is 0 Å². The van der Waals surface area contributed by atoms with Gasteiger partial charge in [-0.3, -0.25) is 23.7 Å². The van der Waals surface area contributed by atoms with Gasteiger partial charge in [-0.25, -0.2) is 8.96 Å². The normalized spacial score (nSPS) is 26.4. The average Bonchev–Trinajstić information content (AvgIpc) is 3.01. The highest BCUT2D eigenvalue weighted by atomic mass is 32.1. The minimum absolute atomic E-state index is 0.0966. The second-order valence-electron chi connectivity index (χ2n) is 9.02. The monoisotopic (exact) mass is 544 g/mol. The van der Waals surface area contributed by atoms with E-state index in [0.717, 1.165) is 13.0 Å². The van der Waals surface area contributed by atoms with Crippen LogP contribution in [0, 0.1) is 10.7 Å². The highest BCUT2D eigenvalue weighted by molar-refractivity contribution is 7.71. The van der Waals surface area contributed by atoms with Crippen molar-refractivity contribution in [1.29, 1.82) is 0 Å². The first-order chi connectivity index (χ1) is 16.8. The predicted octanol–water partition coefficient (Wildman–Crippen LogP) is 3.77. The lowest BCUT2D eigenvalue weighted by molar-refractivity contribution is -0.151. The Balaban J connectivity index is 1.80. The van der Waals surface area contributed by atoms with Crippen LogP contribution in [-0.4, -0.2) is 57.4 Å². The van der Waals surface area contributed by atoms with Crippen LogP contribution in [0.5, 0.6) is 5.75 Å². The second kappa shape index (κ2) is 11.4. The maximum absolute atomic E-state index is 15.5. The van der Waals surface area contributed by atoms with Gasteiger partial charge in [0, 0.05) is 12.3 Å². The third-order valence-electron chi connectivity index (χ3n) is 5.50. The summed E-state index contributed by atoms with van der Waals surface area (Å²) in [4.78, 5) is 26.2. The number of hydrogen-bond donors (Lipinski definition) is 2. The number of alkyl halides is 1. The Morgan fingerprint density at radius 3 is 2.58 bits per heavy atom. The molecule has 13 heteroatoms. The van der Waals surface area contributed by atoms with E-state index >= 15 is 4.39 Å². The number of aromatic nitrogens is 2. The molecule has 2 aromatic rings. The van der Waals surface area contributed by atoms with Gasteiger partial charge in [0.2, 0.25) is 0 Å². The number of esters is 1. The van der Waals surface area contributed by atoms with Crippen LogP contribution in [0.3, 0.4) is 0 Å². The third kappa shape index (κ3) is 6.68. The molecular formula is C23H30FN2O8PS. The van der Waals surface area contributed by atoms with E-state index in [-0.39, 0.29) is 22.8 Å². The maximum atomic E-state index is 15.5. The highest BCUT2D eigenvalue weighted by Gasteiger charge is 2.55. The molecule has 3 rings (SSSR count). The fourth-order valence-electron chi connectivity index (χ4n) is 3.67. The summed E-state index contributed by atoms with van der Waals surface area (Å²) in [7, 11) is -4.01. The van der Waals surface area contributed by atoms with Crippen LogP contribution in [-0.2, 0) is 23.4 Å². The van der Waals surface area contributed by atoms with Crippen molar-refractivity contribution >= 4 is 25.8 Å². The Bertz CT molecular complexity index is 1220. The van der Waals surface area contributed by atoms with Gasteiger partial charge in [0.15, 0.2) is 16.7 Å². The lowest BCUT2D eigenvalue weighted by atomic mass is 9.99. The molecule has 1 aromatic carbocycles. The molecule has 1 aromatic heterocycles. The predicted molar refractivity (Wildman–Crippen MR) is 131 cm³/mol. The fourth-order valence-corrected chi connectivity index (χ4v) is 5.79. The van der Waals surface area contributed by atoms with Gasteiger partial charge in [-0.05, 0) is 45.1 Å². The largest absolute Gasteiger partial charge is 0.463 e. The molecule has 198 valence electrons. The summed E-state index contributed by atoms with van der Waals surface area (Å²) in [5, 5.41) is 10.6. The van der Waals surface area contributed by atoms with Gasteiger partial charge in [0.1, 0.15) is 18.0 Å². The van der Waals surface area contributed by atoms with E-state index in [2.05, 4.69) is 4.98 Å². The molecule has 0 spiro atoms. The van der Waals surface area contributed by atoms with Gasteiger partial charge in [-0.1, -0.05) is 25.1 Å². The Kier molecular flexibility index (Phi) is 8.89. The Morgan fingerprint density at radius 2 is 1.97 bits per heavy atom. The van der Waals surface area contributed by atoms with E-state index in [9.17, 15) is 19.3 Å². The number of hydrogen-bond acceptors (Lipinski definition) is 9. The number of rotatable bonds is 10. The van der Waals surface area contributed by atoms with Gasteiger partial charge in [0.05, 0.1) is 24.8 Å². The molecule has 2 unspecified atom stereocenters. The first-order valence-corrected chi connectivity index (χ1v) is 13.5. The molecule has 10 nitrogen and oxygen atoms in total. The minimum Gasteiger partial charge on any atom is -0.463 e. The van der Waals surface area contributed by atoms with Crippen molar-refractivity contribution in [2.75, 3.05) is 12.8 Å². The average molecular weight is 545 g/mol. The van der Waals surface area contributed by atoms with Crippen LogP contribution >= 0.6 is 19.8 Å². The molecule has 0 aliphatic carbocycles. The number of nitrogens with one attached hydrogen (secondary N) is 1. The standard InChI is InChI=1S/C23H30FN2O8PS/c1-14(2)32-20(29)15(3)13-35(30,34-16-8-6-5-7-9-16)31-12-17-19(28)23(4,24)21(33-17)26-11-10-18(27)25-22(26)36/h5-11,14-15,17,19,21,28H,12-13H2,1-4H3,(H,25,27,36)/t15-,17-,19+,21-,23?,35?/m1/s1. The van der Waals surface area contributed by atoms with E-state index in [1.165, 1.54) is 17.7 Å². The summed E-state index contributed by atoms with van der Waals surface area (Å²) in [6, 6.07) is 9.38. The molecule has 1 fully saturated rings. The van der Waals surface area contributed by atoms with E-state index in [0.29, 0.717) is 0 Å². The number of halogens is 1. The summed E-state index contributed by atoms with van der Waals surface area (Å²) < 4.78 is 52.5. The molecule has 1 aliphatic rings. The van der Waals surface area contributed by atoms with E-state index < -0.39 is 55.8 Å². The van der Waals surface area contributed by atoms with Crippen LogP contribution in [0.25, 0.3) is 0 Å².